The average molecular weight is 207 g/mol. The monoisotopic (exact) mass is 207 g/mol. The van der Waals surface area contributed by atoms with Gasteiger partial charge in [0.15, 0.2) is 0 Å². The molecule has 1 aliphatic rings. The maximum atomic E-state index is 4.30. The highest BCUT2D eigenvalue weighted by Gasteiger charge is 2.17. The maximum absolute atomic E-state index is 4.30. The maximum Gasteiger partial charge on any atom is 0.0522 e. The first kappa shape index (κ1) is 10.7. The summed E-state index contributed by atoms with van der Waals surface area (Å²) in [6, 6.07) is 0.663. The molecule has 1 aromatic rings. The van der Waals surface area contributed by atoms with Crippen molar-refractivity contribution in [1.29, 1.82) is 0 Å². The van der Waals surface area contributed by atoms with Gasteiger partial charge in [0.2, 0.25) is 0 Å². The van der Waals surface area contributed by atoms with Crippen LogP contribution in [0.3, 0.4) is 0 Å². The van der Waals surface area contributed by atoms with Crippen LogP contribution in [0.25, 0.3) is 0 Å². The lowest BCUT2D eigenvalue weighted by molar-refractivity contribution is 0.326. The Morgan fingerprint density at radius 1 is 1.53 bits per heavy atom. The SMILES string of the molecule is CCn1cc(CC2CCC(C)CN2)cn1. The van der Waals surface area contributed by atoms with E-state index in [1.54, 1.807) is 0 Å². The van der Waals surface area contributed by atoms with E-state index in [0.717, 1.165) is 18.9 Å². The van der Waals surface area contributed by atoms with Gasteiger partial charge in [-0.1, -0.05) is 6.92 Å². The highest BCUT2D eigenvalue weighted by Crippen LogP contribution is 2.16. The number of piperidine rings is 1. The van der Waals surface area contributed by atoms with E-state index < -0.39 is 0 Å². The van der Waals surface area contributed by atoms with Crippen LogP contribution in [-0.4, -0.2) is 22.4 Å². The van der Waals surface area contributed by atoms with Crippen molar-refractivity contribution in [3.8, 4) is 0 Å². The van der Waals surface area contributed by atoms with Crippen molar-refractivity contribution < 1.29 is 0 Å². The summed E-state index contributed by atoms with van der Waals surface area (Å²) in [5.74, 6) is 0.847. The molecular formula is C12H21N3. The fourth-order valence-electron chi connectivity index (χ4n) is 2.20. The van der Waals surface area contributed by atoms with Crippen LogP contribution in [0.5, 0.6) is 0 Å². The zero-order valence-corrected chi connectivity index (χ0v) is 9.74. The molecule has 1 N–H and O–H groups in total. The lowest BCUT2D eigenvalue weighted by atomic mass is 9.93. The predicted molar refractivity (Wildman–Crippen MR) is 61.8 cm³/mol. The summed E-state index contributed by atoms with van der Waals surface area (Å²) < 4.78 is 2.00. The number of nitrogens with one attached hydrogen (secondary N) is 1. The summed E-state index contributed by atoms with van der Waals surface area (Å²) in [6.45, 7) is 6.58. The van der Waals surface area contributed by atoms with Gasteiger partial charge < -0.3 is 5.32 Å². The Balaban J connectivity index is 1.86. The van der Waals surface area contributed by atoms with Crippen LogP contribution in [0.15, 0.2) is 12.4 Å². The molecule has 3 heteroatoms. The van der Waals surface area contributed by atoms with E-state index in [1.165, 1.54) is 24.9 Å². The molecule has 0 radical (unpaired) electrons. The molecule has 0 aromatic carbocycles. The summed E-state index contributed by atoms with van der Waals surface area (Å²) in [5, 5.41) is 7.91. The summed E-state index contributed by atoms with van der Waals surface area (Å²) in [4.78, 5) is 0. The van der Waals surface area contributed by atoms with Crippen LogP contribution in [0, 0.1) is 5.92 Å². The lowest BCUT2D eigenvalue weighted by Crippen LogP contribution is -2.39. The van der Waals surface area contributed by atoms with Crippen molar-refractivity contribution in [3.63, 3.8) is 0 Å². The minimum atomic E-state index is 0.663. The first-order chi connectivity index (χ1) is 7.28. The zero-order valence-electron chi connectivity index (χ0n) is 9.74. The Kier molecular flexibility index (Phi) is 3.41. The first-order valence-corrected chi connectivity index (χ1v) is 6.02. The van der Waals surface area contributed by atoms with Gasteiger partial charge in [-0.05, 0) is 44.2 Å². The van der Waals surface area contributed by atoms with Gasteiger partial charge in [0.1, 0.15) is 0 Å². The third-order valence-electron chi connectivity index (χ3n) is 3.26. The van der Waals surface area contributed by atoms with Crippen LogP contribution in [0.1, 0.15) is 32.3 Å². The molecule has 3 nitrogen and oxygen atoms in total. The highest BCUT2D eigenvalue weighted by molar-refractivity contribution is 5.06. The number of aryl methyl sites for hydroxylation is 1. The van der Waals surface area contributed by atoms with Crippen LogP contribution in [0.2, 0.25) is 0 Å². The molecule has 1 aliphatic heterocycles. The molecule has 84 valence electrons. The molecule has 1 aromatic heterocycles. The third-order valence-corrected chi connectivity index (χ3v) is 3.26. The van der Waals surface area contributed by atoms with Crippen molar-refractivity contribution in [2.45, 2.75) is 45.7 Å². The largest absolute Gasteiger partial charge is 0.313 e. The van der Waals surface area contributed by atoms with Crippen LogP contribution in [-0.2, 0) is 13.0 Å². The van der Waals surface area contributed by atoms with Gasteiger partial charge in [0.05, 0.1) is 6.20 Å². The Labute approximate surface area is 91.9 Å². The molecule has 0 aliphatic carbocycles. The van der Waals surface area contributed by atoms with Crippen molar-refractivity contribution in [2.75, 3.05) is 6.54 Å². The number of hydrogen-bond acceptors (Lipinski definition) is 2. The zero-order chi connectivity index (χ0) is 10.7. The van der Waals surface area contributed by atoms with Crippen molar-refractivity contribution >= 4 is 0 Å². The summed E-state index contributed by atoms with van der Waals surface area (Å²) >= 11 is 0. The fraction of sp³-hybridized carbons (Fsp3) is 0.750. The van der Waals surface area contributed by atoms with E-state index in [1.807, 2.05) is 10.9 Å². The van der Waals surface area contributed by atoms with Gasteiger partial charge in [0, 0.05) is 18.8 Å². The van der Waals surface area contributed by atoms with E-state index >= 15 is 0 Å². The molecule has 2 rings (SSSR count). The number of aromatic nitrogens is 2. The average Bonchev–Trinajstić information content (AvgIpc) is 2.69. The first-order valence-electron chi connectivity index (χ1n) is 6.02. The second-order valence-corrected chi connectivity index (χ2v) is 4.70. The molecule has 15 heavy (non-hydrogen) atoms. The van der Waals surface area contributed by atoms with Gasteiger partial charge >= 0.3 is 0 Å². The van der Waals surface area contributed by atoms with Crippen molar-refractivity contribution in [1.82, 2.24) is 15.1 Å². The second kappa shape index (κ2) is 4.79. The van der Waals surface area contributed by atoms with Gasteiger partial charge in [0.25, 0.3) is 0 Å². The summed E-state index contributed by atoms with van der Waals surface area (Å²) in [7, 11) is 0. The molecule has 1 saturated heterocycles. The van der Waals surface area contributed by atoms with Crippen LogP contribution < -0.4 is 5.32 Å². The minimum absolute atomic E-state index is 0.663. The Bertz CT molecular complexity index is 298. The Morgan fingerprint density at radius 2 is 2.40 bits per heavy atom. The van der Waals surface area contributed by atoms with Crippen molar-refractivity contribution in [2.24, 2.45) is 5.92 Å². The van der Waals surface area contributed by atoms with E-state index in [-0.39, 0.29) is 0 Å². The third kappa shape index (κ3) is 2.81. The molecule has 2 atom stereocenters. The Morgan fingerprint density at radius 3 is 3.00 bits per heavy atom. The lowest BCUT2D eigenvalue weighted by Gasteiger charge is -2.27. The van der Waals surface area contributed by atoms with Crippen LogP contribution >= 0.6 is 0 Å². The topological polar surface area (TPSA) is 29.9 Å². The number of nitrogens with zero attached hydrogens (tertiary/aromatic N) is 2. The smallest absolute Gasteiger partial charge is 0.0522 e. The molecule has 0 spiro atoms. The van der Waals surface area contributed by atoms with E-state index in [0.29, 0.717) is 6.04 Å². The predicted octanol–water partition coefficient (Wildman–Crippen LogP) is 1.83. The minimum Gasteiger partial charge on any atom is -0.313 e. The molecule has 2 heterocycles. The van der Waals surface area contributed by atoms with Gasteiger partial charge in [-0.15, -0.1) is 0 Å². The molecule has 0 amide bonds. The van der Waals surface area contributed by atoms with Gasteiger partial charge in [-0.3, -0.25) is 4.68 Å². The molecular weight excluding hydrogens is 186 g/mol. The number of hydrogen-bond donors (Lipinski definition) is 1. The second-order valence-electron chi connectivity index (χ2n) is 4.70. The van der Waals surface area contributed by atoms with Crippen LogP contribution in [0.4, 0.5) is 0 Å². The van der Waals surface area contributed by atoms with E-state index in [2.05, 4.69) is 30.5 Å². The van der Waals surface area contributed by atoms with E-state index in [9.17, 15) is 0 Å². The van der Waals surface area contributed by atoms with E-state index in [4.69, 9.17) is 0 Å². The molecule has 0 saturated carbocycles. The van der Waals surface area contributed by atoms with Gasteiger partial charge in [-0.2, -0.15) is 5.10 Å². The molecule has 2 unspecified atom stereocenters. The molecule has 1 fully saturated rings. The highest BCUT2D eigenvalue weighted by atomic mass is 15.3. The summed E-state index contributed by atoms with van der Waals surface area (Å²) in [6.07, 6.45) is 7.97. The summed E-state index contributed by atoms with van der Waals surface area (Å²) in [5.41, 5.74) is 1.36. The standard InChI is InChI=1S/C12H21N3/c1-3-15-9-11(8-14-15)6-12-5-4-10(2)7-13-12/h8-10,12-13H,3-7H2,1-2H3. The Hall–Kier alpha value is -0.830. The number of rotatable bonds is 3. The van der Waals surface area contributed by atoms with Crippen molar-refractivity contribution in [3.05, 3.63) is 18.0 Å². The fourth-order valence-corrected chi connectivity index (χ4v) is 2.20. The quantitative estimate of drug-likeness (QED) is 0.819. The molecule has 0 bridgehead atoms. The normalized spacial score (nSPS) is 26.8. The van der Waals surface area contributed by atoms with Gasteiger partial charge in [-0.25, -0.2) is 0 Å².